The van der Waals surface area contributed by atoms with Gasteiger partial charge in [0.15, 0.2) is 0 Å². The number of benzene rings is 1. The number of primary amides is 1. The van der Waals surface area contributed by atoms with Gasteiger partial charge in [0.05, 0.1) is 5.92 Å². The molecular formula is C11H14N2O2. The number of anilines is 1. The molecule has 80 valence electrons. The number of carbonyl (C=O) groups excluding carboxylic acids is 2. The van der Waals surface area contributed by atoms with Crippen LogP contribution in [0.25, 0.3) is 0 Å². The minimum atomic E-state index is -0.359. The average Bonchev–Trinajstić information content (AvgIpc) is 2.17. The fraction of sp³-hybridized carbons (Fsp3) is 0.273. The van der Waals surface area contributed by atoms with Gasteiger partial charge in [-0.25, -0.2) is 0 Å². The Morgan fingerprint density at radius 3 is 2.20 bits per heavy atom. The molecule has 0 unspecified atom stereocenters. The number of hydrogen-bond donors (Lipinski definition) is 2. The molecule has 4 nitrogen and oxygen atoms in total. The second kappa shape index (κ2) is 4.59. The summed E-state index contributed by atoms with van der Waals surface area (Å²) < 4.78 is 0. The predicted octanol–water partition coefficient (Wildman–Crippen LogP) is 1.23. The summed E-state index contributed by atoms with van der Waals surface area (Å²) in [5.74, 6) is -0.788. The Morgan fingerprint density at radius 2 is 1.80 bits per heavy atom. The number of nitrogens with two attached hydrogens (primary N) is 1. The quantitative estimate of drug-likeness (QED) is 0.780. The zero-order valence-electron chi connectivity index (χ0n) is 8.78. The first-order valence-corrected chi connectivity index (χ1v) is 4.67. The fourth-order valence-electron chi connectivity index (χ4n) is 1.22. The molecule has 0 aliphatic rings. The number of nitrogens with one attached hydrogen (secondary N) is 1. The molecule has 0 fully saturated rings. The fourth-order valence-corrected chi connectivity index (χ4v) is 1.22. The van der Waals surface area contributed by atoms with Gasteiger partial charge in [-0.1, -0.05) is 12.1 Å². The van der Waals surface area contributed by atoms with Crippen molar-refractivity contribution in [1.82, 2.24) is 0 Å². The highest BCUT2D eigenvalue weighted by atomic mass is 16.1. The molecule has 0 bridgehead atoms. The summed E-state index contributed by atoms with van der Waals surface area (Å²) in [5, 5.41) is 2.65. The van der Waals surface area contributed by atoms with Crippen LogP contribution in [-0.4, -0.2) is 11.8 Å². The van der Waals surface area contributed by atoms with E-state index in [9.17, 15) is 9.59 Å². The Bertz CT molecular complexity index is 371. The molecular weight excluding hydrogens is 192 g/mol. The van der Waals surface area contributed by atoms with Crippen molar-refractivity contribution >= 4 is 17.5 Å². The van der Waals surface area contributed by atoms with Crippen LogP contribution < -0.4 is 11.1 Å². The van der Waals surface area contributed by atoms with Gasteiger partial charge in [-0.3, -0.25) is 9.59 Å². The Balaban J connectivity index is 2.80. The van der Waals surface area contributed by atoms with Gasteiger partial charge < -0.3 is 11.1 Å². The SMILES string of the molecule is CC(=O)Nc1ccc([C@H](C)C(N)=O)cc1. The molecule has 0 saturated heterocycles. The maximum Gasteiger partial charge on any atom is 0.224 e. The first kappa shape index (κ1) is 11.2. The lowest BCUT2D eigenvalue weighted by Gasteiger charge is -2.08. The van der Waals surface area contributed by atoms with Gasteiger partial charge in [0.1, 0.15) is 0 Å². The first-order chi connectivity index (χ1) is 7.00. The third-order valence-corrected chi connectivity index (χ3v) is 2.16. The zero-order valence-corrected chi connectivity index (χ0v) is 8.78. The van der Waals surface area contributed by atoms with Crippen molar-refractivity contribution in [2.75, 3.05) is 5.32 Å². The summed E-state index contributed by atoms with van der Waals surface area (Å²) in [4.78, 5) is 21.7. The molecule has 0 heterocycles. The summed E-state index contributed by atoms with van der Waals surface area (Å²) >= 11 is 0. The van der Waals surface area contributed by atoms with Crippen LogP contribution in [0.3, 0.4) is 0 Å². The van der Waals surface area contributed by atoms with Crippen molar-refractivity contribution in [3.8, 4) is 0 Å². The predicted molar refractivity (Wildman–Crippen MR) is 58.4 cm³/mol. The molecule has 0 saturated carbocycles. The maximum atomic E-state index is 10.9. The van der Waals surface area contributed by atoms with Gasteiger partial charge in [-0.2, -0.15) is 0 Å². The van der Waals surface area contributed by atoms with Crippen molar-refractivity contribution in [2.24, 2.45) is 5.73 Å². The molecule has 0 aliphatic heterocycles. The summed E-state index contributed by atoms with van der Waals surface area (Å²) in [6, 6.07) is 7.05. The third kappa shape index (κ3) is 3.09. The topological polar surface area (TPSA) is 72.2 Å². The molecule has 1 atom stereocenters. The highest BCUT2D eigenvalue weighted by molar-refractivity contribution is 5.88. The monoisotopic (exact) mass is 206 g/mol. The van der Waals surface area contributed by atoms with E-state index in [1.54, 1.807) is 31.2 Å². The van der Waals surface area contributed by atoms with Gasteiger partial charge in [0.25, 0.3) is 0 Å². The molecule has 1 rings (SSSR count). The van der Waals surface area contributed by atoms with Crippen molar-refractivity contribution in [2.45, 2.75) is 19.8 Å². The van der Waals surface area contributed by atoms with E-state index in [-0.39, 0.29) is 17.7 Å². The van der Waals surface area contributed by atoms with E-state index in [1.807, 2.05) is 0 Å². The molecule has 3 N–H and O–H groups in total. The summed E-state index contributed by atoms with van der Waals surface area (Å²) in [5.41, 5.74) is 6.73. The number of rotatable bonds is 3. The number of amides is 2. The summed E-state index contributed by atoms with van der Waals surface area (Å²) in [7, 11) is 0. The van der Waals surface area contributed by atoms with Crippen LogP contribution in [0.15, 0.2) is 24.3 Å². The van der Waals surface area contributed by atoms with Crippen LogP contribution in [0.2, 0.25) is 0 Å². The molecule has 1 aromatic rings. The van der Waals surface area contributed by atoms with Crippen LogP contribution in [0.5, 0.6) is 0 Å². The van der Waals surface area contributed by atoms with Crippen LogP contribution in [0.1, 0.15) is 25.3 Å². The Morgan fingerprint density at radius 1 is 1.27 bits per heavy atom. The molecule has 0 spiro atoms. The molecule has 2 amide bonds. The minimum absolute atomic E-state index is 0.120. The second-order valence-electron chi connectivity index (χ2n) is 3.43. The van der Waals surface area contributed by atoms with Gasteiger partial charge >= 0.3 is 0 Å². The van der Waals surface area contributed by atoms with Gasteiger partial charge in [-0.15, -0.1) is 0 Å². The van der Waals surface area contributed by atoms with Crippen molar-refractivity contribution in [3.05, 3.63) is 29.8 Å². The Hall–Kier alpha value is -1.84. The normalized spacial score (nSPS) is 11.9. The van der Waals surface area contributed by atoms with Crippen LogP contribution in [0, 0.1) is 0 Å². The van der Waals surface area contributed by atoms with Gasteiger partial charge in [-0.05, 0) is 24.6 Å². The molecule has 0 radical (unpaired) electrons. The minimum Gasteiger partial charge on any atom is -0.369 e. The van der Waals surface area contributed by atoms with Gasteiger partial charge in [0, 0.05) is 12.6 Å². The smallest absolute Gasteiger partial charge is 0.224 e. The average molecular weight is 206 g/mol. The van der Waals surface area contributed by atoms with E-state index in [2.05, 4.69) is 5.32 Å². The molecule has 1 aromatic carbocycles. The van der Waals surface area contributed by atoms with Crippen LogP contribution >= 0.6 is 0 Å². The Kier molecular flexibility index (Phi) is 3.44. The van der Waals surface area contributed by atoms with Crippen LogP contribution in [0.4, 0.5) is 5.69 Å². The lowest BCUT2D eigenvalue weighted by molar-refractivity contribution is -0.119. The highest BCUT2D eigenvalue weighted by Gasteiger charge is 2.10. The van der Waals surface area contributed by atoms with E-state index >= 15 is 0 Å². The number of carbonyl (C=O) groups is 2. The van der Waals surface area contributed by atoms with Crippen molar-refractivity contribution in [1.29, 1.82) is 0 Å². The largest absolute Gasteiger partial charge is 0.369 e. The standard InChI is InChI=1S/C11H14N2O2/c1-7(11(12)15)9-3-5-10(6-4-9)13-8(2)14/h3-7H,1-2H3,(H2,12,15)(H,13,14)/t7-/m0/s1. The van der Waals surface area contributed by atoms with Gasteiger partial charge in [0.2, 0.25) is 11.8 Å². The van der Waals surface area contributed by atoms with Crippen LogP contribution in [-0.2, 0) is 9.59 Å². The summed E-state index contributed by atoms with van der Waals surface area (Å²) in [6.45, 7) is 3.19. The molecule has 0 aliphatic carbocycles. The van der Waals surface area contributed by atoms with E-state index < -0.39 is 0 Å². The maximum absolute atomic E-state index is 10.9. The molecule has 15 heavy (non-hydrogen) atoms. The van der Waals surface area contributed by atoms with E-state index in [4.69, 9.17) is 5.73 Å². The van der Waals surface area contributed by atoms with E-state index in [0.717, 1.165) is 5.56 Å². The lowest BCUT2D eigenvalue weighted by Crippen LogP contribution is -2.18. The van der Waals surface area contributed by atoms with E-state index in [1.165, 1.54) is 6.92 Å². The lowest BCUT2D eigenvalue weighted by atomic mass is 10.0. The van der Waals surface area contributed by atoms with Crippen molar-refractivity contribution < 1.29 is 9.59 Å². The third-order valence-electron chi connectivity index (χ3n) is 2.16. The second-order valence-corrected chi connectivity index (χ2v) is 3.43. The highest BCUT2D eigenvalue weighted by Crippen LogP contribution is 2.17. The summed E-state index contributed by atoms with van der Waals surface area (Å²) in [6.07, 6.45) is 0. The number of hydrogen-bond acceptors (Lipinski definition) is 2. The van der Waals surface area contributed by atoms with Crippen molar-refractivity contribution in [3.63, 3.8) is 0 Å². The van der Waals surface area contributed by atoms with E-state index in [0.29, 0.717) is 5.69 Å². The Labute approximate surface area is 88.5 Å². The first-order valence-electron chi connectivity index (χ1n) is 4.67. The molecule has 0 aromatic heterocycles. The zero-order chi connectivity index (χ0) is 11.4. The molecule has 4 heteroatoms.